The van der Waals surface area contributed by atoms with Crippen molar-refractivity contribution in [2.45, 2.75) is 0 Å². The molecule has 106 valence electrons. The number of pyridine rings is 1. The number of anilines is 1. The van der Waals surface area contributed by atoms with E-state index >= 15 is 0 Å². The molecule has 0 radical (unpaired) electrons. The molecule has 4 nitrogen and oxygen atoms in total. The van der Waals surface area contributed by atoms with Crippen LogP contribution >= 0.6 is 15.9 Å². The van der Waals surface area contributed by atoms with Crippen LogP contribution in [0.15, 0.2) is 34.9 Å². The Bertz CT molecular complexity index is 584. The number of morpholine rings is 1. The third-order valence-electron chi connectivity index (χ3n) is 3.58. The van der Waals surface area contributed by atoms with E-state index in [0.29, 0.717) is 0 Å². The SMILES string of the molecule is Brc1cccc2c(NCCN3CCOCC3)nccc12. The fourth-order valence-electron chi connectivity index (χ4n) is 2.47. The Morgan fingerprint density at radius 2 is 2.05 bits per heavy atom. The molecule has 5 heteroatoms. The van der Waals surface area contributed by atoms with Crippen LogP contribution in [-0.2, 0) is 4.74 Å². The molecule has 1 aromatic heterocycles. The van der Waals surface area contributed by atoms with E-state index in [1.165, 1.54) is 5.39 Å². The van der Waals surface area contributed by atoms with Gasteiger partial charge in [-0.25, -0.2) is 4.98 Å². The highest BCUT2D eigenvalue weighted by Crippen LogP contribution is 2.27. The maximum absolute atomic E-state index is 5.36. The quantitative estimate of drug-likeness (QED) is 0.932. The molecule has 0 aliphatic carbocycles. The van der Waals surface area contributed by atoms with Crippen molar-refractivity contribution >= 4 is 32.5 Å². The summed E-state index contributed by atoms with van der Waals surface area (Å²) in [5.74, 6) is 0.956. The predicted molar refractivity (Wildman–Crippen MR) is 85.2 cm³/mol. The van der Waals surface area contributed by atoms with Crippen LogP contribution in [0.4, 0.5) is 5.82 Å². The van der Waals surface area contributed by atoms with Crippen molar-refractivity contribution in [3.63, 3.8) is 0 Å². The van der Waals surface area contributed by atoms with E-state index in [1.54, 1.807) is 0 Å². The first kappa shape index (κ1) is 13.8. The summed E-state index contributed by atoms with van der Waals surface area (Å²) in [6.45, 7) is 5.67. The van der Waals surface area contributed by atoms with Gasteiger partial charge in [0.1, 0.15) is 5.82 Å². The Kier molecular flexibility index (Phi) is 4.50. The van der Waals surface area contributed by atoms with Crippen molar-refractivity contribution in [3.05, 3.63) is 34.9 Å². The summed E-state index contributed by atoms with van der Waals surface area (Å²) >= 11 is 3.58. The monoisotopic (exact) mass is 335 g/mol. The van der Waals surface area contributed by atoms with Gasteiger partial charge in [0.05, 0.1) is 13.2 Å². The van der Waals surface area contributed by atoms with Crippen molar-refractivity contribution in [1.29, 1.82) is 0 Å². The zero-order valence-electron chi connectivity index (χ0n) is 11.3. The summed E-state index contributed by atoms with van der Waals surface area (Å²) in [7, 11) is 0. The van der Waals surface area contributed by atoms with Gasteiger partial charge in [-0.05, 0) is 12.1 Å². The zero-order valence-corrected chi connectivity index (χ0v) is 12.9. The van der Waals surface area contributed by atoms with Gasteiger partial charge in [0.25, 0.3) is 0 Å². The second kappa shape index (κ2) is 6.52. The number of ether oxygens (including phenoxy) is 1. The van der Waals surface area contributed by atoms with Crippen molar-refractivity contribution < 1.29 is 4.74 Å². The number of halogens is 1. The van der Waals surface area contributed by atoms with E-state index in [1.807, 2.05) is 18.3 Å². The highest BCUT2D eigenvalue weighted by molar-refractivity contribution is 9.10. The maximum Gasteiger partial charge on any atom is 0.133 e. The van der Waals surface area contributed by atoms with E-state index in [4.69, 9.17) is 4.74 Å². The van der Waals surface area contributed by atoms with Gasteiger partial charge in [0, 0.05) is 47.6 Å². The molecule has 0 bridgehead atoms. The molecule has 2 aromatic rings. The number of nitrogens with zero attached hydrogens (tertiary/aromatic N) is 2. The topological polar surface area (TPSA) is 37.4 Å². The van der Waals surface area contributed by atoms with Crippen LogP contribution in [-0.4, -0.2) is 49.3 Å². The van der Waals surface area contributed by atoms with Gasteiger partial charge >= 0.3 is 0 Å². The minimum atomic E-state index is 0.847. The molecule has 1 aromatic carbocycles. The van der Waals surface area contributed by atoms with Gasteiger partial charge in [-0.3, -0.25) is 4.90 Å². The first-order valence-electron chi connectivity index (χ1n) is 6.92. The molecule has 1 saturated heterocycles. The lowest BCUT2D eigenvalue weighted by Gasteiger charge is -2.26. The van der Waals surface area contributed by atoms with Gasteiger partial charge in [-0.15, -0.1) is 0 Å². The van der Waals surface area contributed by atoms with Crippen molar-refractivity contribution in [2.75, 3.05) is 44.7 Å². The Morgan fingerprint density at radius 3 is 2.90 bits per heavy atom. The van der Waals surface area contributed by atoms with Gasteiger partial charge < -0.3 is 10.1 Å². The van der Waals surface area contributed by atoms with Crippen molar-refractivity contribution in [1.82, 2.24) is 9.88 Å². The second-order valence-electron chi connectivity index (χ2n) is 4.88. The average Bonchev–Trinajstić information content (AvgIpc) is 2.49. The summed E-state index contributed by atoms with van der Waals surface area (Å²) in [6.07, 6.45) is 1.85. The van der Waals surface area contributed by atoms with E-state index in [2.05, 4.69) is 43.3 Å². The Balaban J connectivity index is 1.66. The molecular formula is C15H18BrN3O. The maximum atomic E-state index is 5.36. The van der Waals surface area contributed by atoms with Crippen LogP contribution in [0, 0.1) is 0 Å². The number of benzene rings is 1. The summed E-state index contributed by atoms with van der Waals surface area (Å²) in [4.78, 5) is 6.87. The van der Waals surface area contributed by atoms with Crippen molar-refractivity contribution in [3.8, 4) is 0 Å². The standard InChI is InChI=1S/C15H18BrN3O/c16-14-3-1-2-13-12(14)4-5-17-15(13)18-6-7-19-8-10-20-11-9-19/h1-5H,6-11H2,(H,17,18). The highest BCUT2D eigenvalue weighted by atomic mass is 79.9. The van der Waals surface area contributed by atoms with E-state index in [-0.39, 0.29) is 0 Å². The third-order valence-corrected chi connectivity index (χ3v) is 4.27. The lowest BCUT2D eigenvalue weighted by molar-refractivity contribution is 0.0398. The smallest absolute Gasteiger partial charge is 0.133 e. The van der Waals surface area contributed by atoms with E-state index in [9.17, 15) is 0 Å². The molecule has 0 atom stereocenters. The highest BCUT2D eigenvalue weighted by Gasteiger charge is 2.10. The Morgan fingerprint density at radius 1 is 1.20 bits per heavy atom. The number of fused-ring (bicyclic) bond motifs is 1. The molecule has 0 spiro atoms. The molecule has 1 N–H and O–H groups in total. The van der Waals surface area contributed by atoms with Gasteiger partial charge in [-0.1, -0.05) is 28.1 Å². The van der Waals surface area contributed by atoms with Crippen LogP contribution < -0.4 is 5.32 Å². The first-order valence-corrected chi connectivity index (χ1v) is 7.71. The Labute approximate surface area is 127 Å². The summed E-state index contributed by atoms with van der Waals surface area (Å²) < 4.78 is 6.46. The van der Waals surface area contributed by atoms with Crippen LogP contribution in [0.2, 0.25) is 0 Å². The predicted octanol–water partition coefficient (Wildman–Crippen LogP) is 2.74. The third kappa shape index (κ3) is 3.11. The largest absolute Gasteiger partial charge is 0.379 e. The molecule has 2 heterocycles. The lowest BCUT2D eigenvalue weighted by Crippen LogP contribution is -2.39. The van der Waals surface area contributed by atoms with Gasteiger partial charge in [-0.2, -0.15) is 0 Å². The summed E-state index contributed by atoms with van der Waals surface area (Å²) in [6, 6.07) is 8.23. The summed E-state index contributed by atoms with van der Waals surface area (Å²) in [5, 5.41) is 5.80. The molecule has 1 aliphatic heterocycles. The van der Waals surface area contributed by atoms with E-state index in [0.717, 1.165) is 55.1 Å². The van der Waals surface area contributed by atoms with Crippen LogP contribution in [0.1, 0.15) is 0 Å². The number of rotatable bonds is 4. The first-order chi connectivity index (χ1) is 9.84. The minimum absolute atomic E-state index is 0.847. The fraction of sp³-hybridized carbons (Fsp3) is 0.400. The molecule has 3 rings (SSSR count). The molecule has 0 amide bonds. The van der Waals surface area contributed by atoms with Crippen LogP contribution in [0.5, 0.6) is 0 Å². The molecule has 1 aliphatic rings. The molecule has 0 unspecified atom stereocenters. The molecule has 0 saturated carbocycles. The van der Waals surface area contributed by atoms with Crippen molar-refractivity contribution in [2.24, 2.45) is 0 Å². The Hall–Kier alpha value is -1.17. The molecule has 20 heavy (non-hydrogen) atoms. The van der Waals surface area contributed by atoms with Gasteiger partial charge in [0.2, 0.25) is 0 Å². The zero-order chi connectivity index (χ0) is 13.8. The van der Waals surface area contributed by atoms with E-state index < -0.39 is 0 Å². The average molecular weight is 336 g/mol. The normalized spacial score (nSPS) is 16.4. The van der Waals surface area contributed by atoms with Crippen LogP contribution in [0.25, 0.3) is 10.8 Å². The molecular weight excluding hydrogens is 318 g/mol. The second-order valence-corrected chi connectivity index (χ2v) is 5.73. The number of aromatic nitrogens is 1. The van der Waals surface area contributed by atoms with Gasteiger partial charge in [0.15, 0.2) is 0 Å². The fourth-order valence-corrected chi connectivity index (χ4v) is 2.97. The molecule has 1 fully saturated rings. The minimum Gasteiger partial charge on any atom is -0.379 e. The van der Waals surface area contributed by atoms with Crippen LogP contribution in [0.3, 0.4) is 0 Å². The number of hydrogen-bond acceptors (Lipinski definition) is 4. The summed E-state index contributed by atoms with van der Waals surface area (Å²) in [5.41, 5.74) is 0. The lowest BCUT2D eigenvalue weighted by atomic mass is 10.1. The number of hydrogen-bond donors (Lipinski definition) is 1. The number of nitrogens with one attached hydrogen (secondary N) is 1.